The van der Waals surface area contributed by atoms with E-state index in [-0.39, 0.29) is 5.25 Å². The summed E-state index contributed by atoms with van der Waals surface area (Å²) in [6.45, 7) is 2.12. The van der Waals surface area contributed by atoms with Crippen molar-refractivity contribution < 1.29 is 17.6 Å². The van der Waals surface area contributed by atoms with Gasteiger partial charge in [-0.05, 0) is 31.2 Å². The number of rotatable bonds is 4. The molecule has 0 aliphatic heterocycles. The Morgan fingerprint density at radius 2 is 2.05 bits per heavy atom. The quantitative estimate of drug-likeness (QED) is 0.873. The molecule has 1 atom stereocenters. The highest BCUT2D eigenvalue weighted by Crippen LogP contribution is 2.35. The molecule has 2 aromatic heterocycles. The van der Waals surface area contributed by atoms with Gasteiger partial charge in [0.2, 0.25) is 0 Å². The highest BCUT2D eigenvalue weighted by atomic mass is 32.2. The normalized spacial score (nSPS) is 13.4. The first kappa shape index (κ1) is 14.9. The van der Waals surface area contributed by atoms with Gasteiger partial charge in [-0.25, -0.2) is 4.98 Å². The zero-order valence-corrected chi connectivity index (χ0v) is 11.5. The van der Waals surface area contributed by atoms with Gasteiger partial charge in [-0.1, -0.05) is 11.8 Å². The number of nitrogens with zero attached hydrogens (tertiary/aromatic N) is 1. The molecule has 0 aromatic carbocycles. The number of furan rings is 1. The second kappa shape index (κ2) is 5.88. The molecule has 0 aliphatic rings. The van der Waals surface area contributed by atoms with Gasteiger partial charge in [0.05, 0.1) is 15.8 Å². The zero-order valence-electron chi connectivity index (χ0n) is 10.6. The van der Waals surface area contributed by atoms with Crippen LogP contribution in [0.4, 0.5) is 13.2 Å². The minimum atomic E-state index is -4.37. The number of alkyl halides is 3. The van der Waals surface area contributed by atoms with Crippen molar-refractivity contribution in [2.75, 3.05) is 6.54 Å². The lowest BCUT2D eigenvalue weighted by Gasteiger charge is -2.12. The third-order valence-electron chi connectivity index (χ3n) is 2.62. The smallest absolute Gasteiger partial charge is 0.417 e. The Bertz CT molecular complexity index is 566. The summed E-state index contributed by atoms with van der Waals surface area (Å²) >= 11 is 1.28. The van der Waals surface area contributed by atoms with E-state index in [1.165, 1.54) is 17.8 Å². The molecule has 0 saturated carbocycles. The van der Waals surface area contributed by atoms with Crippen LogP contribution in [-0.2, 0) is 6.18 Å². The predicted molar refractivity (Wildman–Crippen MR) is 70.3 cm³/mol. The fourth-order valence-corrected chi connectivity index (χ4v) is 2.50. The van der Waals surface area contributed by atoms with Crippen molar-refractivity contribution in [1.29, 1.82) is 0 Å². The standard InChI is InChI=1S/C13H13F3N2OS/c1-8-2-4-10(19-8)11(6-17)20-12-5-3-9(7-18-12)13(14,15)16/h2-5,7,11H,6,17H2,1H3. The maximum absolute atomic E-state index is 12.4. The number of hydrogen-bond donors (Lipinski definition) is 1. The van der Waals surface area contributed by atoms with E-state index in [9.17, 15) is 13.2 Å². The van der Waals surface area contributed by atoms with Crippen molar-refractivity contribution in [3.8, 4) is 0 Å². The van der Waals surface area contributed by atoms with Crippen LogP contribution in [0.25, 0.3) is 0 Å². The lowest BCUT2D eigenvalue weighted by Crippen LogP contribution is -2.09. The molecule has 108 valence electrons. The summed E-state index contributed by atoms with van der Waals surface area (Å²) in [6, 6.07) is 5.98. The minimum absolute atomic E-state index is 0.173. The van der Waals surface area contributed by atoms with Crippen LogP contribution in [0.15, 0.2) is 39.9 Å². The number of pyridine rings is 1. The van der Waals surface area contributed by atoms with E-state index in [1.54, 1.807) is 0 Å². The van der Waals surface area contributed by atoms with E-state index < -0.39 is 11.7 Å². The van der Waals surface area contributed by atoms with Gasteiger partial charge in [-0.15, -0.1) is 0 Å². The molecule has 20 heavy (non-hydrogen) atoms. The summed E-state index contributed by atoms with van der Waals surface area (Å²) in [5.41, 5.74) is 4.91. The Hall–Kier alpha value is -1.47. The molecule has 0 bridgehead atoms. The first-order chi connectivity index (χ1) is 9.40. The third kappa shape index (κ3) is 3.55. The van der Waals surface area contributed by atoms with Gasteiger partial charge in [0.1, 0.15) is 11.5 Å². The van der Waals surface area contributed by atoms with Crippen molar-refractivity contribution in [3.05, 3.63) is 47.5 Å². The lowest BCUT2D eigenvalue weighted by atomic mass is 10.3. The molecule has 2 aromatic rings. The van der Waals surface area contributed by atoms with E-state index in [0.717, 1.165) is 18.0 Å². The van der Waals surface area contributed by atoms with Gasteiger partial charge in [0.15, 0.2) is 0 Å². The van der Waals surface area contributed by atoms with Crippen LogP contribution >= 0.6 is 11.8 Å². The van der Waals surface area contributed by atoms with Crippen LogP contribution in [0.5, 0.6) is 0 Å². The van der Waals surface area contributed by atoms with Gasteiger partial charge in [0.25, 0.3) is 0 Å². The Kier molecular flexibility index (Phi) is 4.39. The Morgan fingerprint density at radius 3 is 2.50 bits per heavy atom. The number of halogens is 3. The van der Waals surface area contributed by atoms with Gasteiger partial charge in [0, 0.05) is 12.7 Å². The fraction of sp³-hybridized carbons (Fsp3) is 0.308. The Morgan fingerprint density at radius 1 is 1.30 bits per heavy atom. The number of thioether (sulfide) groups is 1. The zero-order chi connectivity index (χ0) is 14.8. The number of aryl methyl sites for hydroxylation is 1. The molecule has 0 aliphatic carbocycles. The summed E-state index contributed by atoms with van der Waals surface area (Å²) in [4.78, 5) is 3.81. The molecule has 2 N–H and O–H groups in total. The van der Waals surface area contributed by atoms with Crippen molar-refractivity contribution in [1.82, 2.24) is 4.98 Å². The molecule has 0 saturated heterocycles. The van der Waals surface area contributed by atoms with E-state index in [1.807, 2.05) is 19.1 Å². The van der Waals surface area contributed by atoms with Crippen LogP contribution in [0.3, 0.4) is 0 Å². The number of hydrogen-bond acceptors (Lipinski definition) is 4. The lowest BCUT2D eigenvalue weighted by molar-refractivity contribution is -0.137. The SMILES string of the molecule is Cc1ccc(C(CN)Sc2ccc(C(F)(F)F)cn2)o1. The minimum Gasteiger partial charge on any atom is -0.465 e. The summed E-state index contributed by atoms with van der Waals surface area (Å²) in [5.74, 6) is 1.45. The van der Waals surface area contributed by atoms with Crippen molar-refractivity contribution in [3.63, 3.8) is 0 Å². The Balaban J connectivity index is 2.12. The average molecular weight is 302 g/mol. The molecule has 0 radical (unpaired) electrons. The van der Waals surface area contributed by atoms with E-state index in [2.05, 4.69) is 4.98 Å². The van der Waals surface area contributed by atoms with Crippen LogP contribution in [0.1, 0.15) is 22.3 Å². The van der Waals surface area contributed by atoms with Gasteiger partial charge in [-0.3, -0.25) is 0 Å². The van der Waals surface area contributed by atoms with Crippen LogP contribution in [0.2, 0.25) is 0 Å². The van der Waals surface area contributed by atoms with E-state index in [0.29, 0.717) is 17.3 Å². The second-order valence-electron chi connectivity index (χ2n) is 4.17. The van der Waals surface area contributed by atoms with Crippen molar-refractivity contribution >= 4 is 11.8 Å². The Labute approximate surface area is 118 Å². The summed E-state index contributed by atoms with van der Waals surface area (Å²) in [7, 11) is 0. The van der Waals surface area contributed by atoms with E-state index in [4.69, 9.17) is 10.2 Å². The second-order valence-corrected chi connectivity index (χ2v) is 5.40. The number of nitrogens with two attached hydrogens (primary N) is 1. The molecule has 2 rings (SSSR count). The number of aromatic nitrogens is 1. The van der Waals surface area contributed by atoms with Crippen molar-refractivity contribution in [2.24, 2.45) is 5.73 Å². The summed E-state index contributed by atoms with van der Waals surface area (Å²) < 4.78 is 42.8. The molecule has 2 heterocycles. The molecule has 1 unspecified atom stereocenters. The van der Waals surface area contributed by atoms with Crippen LogP contribution in [-0.4, -0.2) is 11.5 Å². The fourth-order valence-electron chi connectivity index (χ4n) is 1.61. The predicted octanol–water partition coefficient (Wildman–Crippen LogP) is 3.79. The van der Waals surface area contributed by atoms with Crippen molar-refractivity contribution in [2.45, 2.75) is 23.4 Å². The highest BCUT2D eigenvalue weighted by Gasteiger charge is 2.30. The first-order valence-electron chi connectivity index (χ1n) is 5.86. The molecule has 0 spiro atoms. The van der Waals surface area contributed by atoms with Gasteiger partial charge < -0.3 is 10.2 Å². The molecular formula is C13H13F3N2OS. The average Bonchev–Trinajstić information content (AvgIpc) is 2.82. The molecule has 0 fully saturated rings. The van der Waals surface area contributed by atoms with Gasteiger partial charge in [-0.2, -0.15) is 13.2 Å². The molecule has 0 amide bonds. The largest absolute Gasteiger partial charge is 0.465 e. The van der Waals surface area contributed by atoms with E-state index >= 15 is 0 Å². The highest BCUT2D eigenvalue weighted by molar-refractivity contribution is 7.99. The van der Waals surface area contributed by atoms with Crippen LogP contribution in [0, 0.1) is 6.92 Å². The third-order valence-corrected chi connectivity index (χ3v) is 3.81. The monoisotopic (exact) mass is 302 g/mol. The molecular weight excluding hydrogens is 289 g/mol. The topological polar surface area (TPSA) is 52.0 Å². The maximum Gasteiger partial charge on any atom is 0.417 e. The summed E-state index contributed by atoms with van der Waals surface area (Å²) in [5, 5.41) is 0.301. The van der Waals surface area contributed by atoms with Gasteiger partial charge >= 0.3 is 6.18 Å². The molecule has 7 heteroatoms. The molecule has 3 nitrogen and oxygen atoms in total. The summed E-state index contributed by atoms with van der Waals surface area (Å²) in [6.07, 6.45) is -3.55. The maximum atomic E-state index is 12.4. The first-order valence-corrected chi connectivity index (χ1v) is 6.74. The van der Waals surface area contributed by atoms with Crippen LogP contribution < -0.4 is 5.73 Å².